The minimum atomic E-state index is -0.248. The van der Waals surface area contributed by atoms with Gasteiger partial charge in [-0.25, -0.2) is 0 Å². The molecule has 0 saturated carbocycles. The van der Waals surface area contributed by atoms with Gasteiger partial charge in [0.25, 0.3) is 0 Å². The lowest BCUT2D eigenvalue weighted by Gasteiger charge is -2.33. The van der Waals surface area contributed by atoms with Crippen LogP contribution in [0.4, 0.5) is 0 Å². The number of phenols is 1. The molecule has 0 aromatic heterocycles. The molecule has 2 rings (SSSR count). The lowest BCUT2D eigenvalue weighted by Crippen LogP contribution is -2.38. The van der Waals surface area contributed by atoms with Crippen molar-refractivity contribution in [2.24, 2.45) is 5.41 Å². The maximum Gasteiger partial charge on any atom is 0.311 e. The molecular formula is C28H41NO3. The van der Waals surface area contributed by atoms with E-state index in [0.717, 1.165) is 29.7 Å². The molecule has 0 unspecified atom stereocenters. The largest absolute Gasteiger partial charge is 0.508 e. The molecule has 0 aliphatic rings. The van der Waals surface area contributed by atoms with Crippen LogP contribution in [0.25, 0.3) is 0 Å². The number of nitrogens with zero attached hydrogens (tertiary/aromatic N) is 1. The number of aromatic hydroxyl groups is 1. The molecule has 2 aromatic carbocycles. The second kappa shape index (κ2) is 11.0. The van der Waals surface area contributed by atoms with Crippen molar-refractivity contribution in [2.45, 2.75) is 86.2 Å². The van der Waals surface area contributed by atoms with Gasteiger partial charge in [-0.2, -0.15) is 0 Å². The topological polar surface area (TPSA) is 49.8 Å². The molecule has 4 nitrogen and oxygen atoms in total. The monoisotopic (exact) mass is 439 g/mol. The Bertz CT molecular complexity index is 874. The van der Waals surface area contributed by atoms with Gasteiger partial charge in [-0.3, -0.25) is 9.69 Å². The normalized spacial score (nSPS) is 13.1. The van der Waals surface area contributed by atoms with Crippen LogP contribution in [0, 0.1) is 12.3 Å². The van der Waals surface area contributed by atoms with Gasteiger partial charge in [0.15, 0.2) is 0 Å². The highest BCUT2D eigenvalue weighted by atomic mass is 16.5. The van der Waals surface area contributed by atoms with Gasteiger partial charge < -0.3 is 9.84 Å². The van der Waals surface area contributed by atoms with Crippen molar-refractivity contribution in [3.8, 4) is 11.5 Å². The van der Waals surface area contributed by atoms with E-state index in [2.05, 4.69) is 44.7 Å². The zero-order valence-corrected chi connectivity index (χ0v) is 21.1. The van der Waals surface area contributed by atoms with Gasteiger partial charge in [-0.05, 0) is 76.3 Å². The smallest absolute Gasteiger partial charge is 0.311 e. The summed E-state index contributed by atoms with van der Waals surface area (Å²) >= 11 is 0. The number of rotatable bonds is 9. The number of hydrogen-bond donors (Lipinski definition) is 1. The molecule has 0 saturated heterocycles. The average Bonchev–Trinajstić information content (AvgIpc) is 2.68. The Balaban J connectivity index is 2.50. The van der Waals surface area contributed by atoms with E-state index in [9.17, 15) is 9.90 Å². The zero-order valence-electron chi connectivity index (χ0n) is 21.1. The summed E-state index contributed by atoms with van der Waals surface area (Å²) in [5.41, 5.74) is 2.66. The molecule has 0 spiro atoms. The number of hydrogen-bond acceptors (Lipinski definition) is 4. The number of carbonyl (C=O) groups is 1. The minimum absolute atomic E-state index is 0.000682. The fourth-order valence-electron chi connectivity index (χ4n) is 4.36. The molecule has 0 aliphatic carbocycles. The summed E-state index contributed by atoms with van der Waals surface area (Å²) in [6.45, 7) is 17.8. The van der Waals surface area contributed by atoms with E-state index in [1.807, 2.05) is 45.9 Å². The van der Waals surface area contributed by atoms with Crippen LogP contribution in [0.1, 0.15) is 83.9 Å². The van der Waals surface area contributed by atoms with Gasteiger partial charge in [0.1, 0.15) is 11.5 Å². The number of ether oxygens (including phenoxy) is 1. The third kappa shape index (κ3) is 7.09. The molecule has 0 amide bonds. The van der Waals surface area contributed by atoms with Gasteiger partial charge in [-0.15, -0.1) is 0 Å². The van der Waals surface area contributed by atoms with Crippen LogP contribution in [-0.4, -0.2) is 34.6 Å². The number of benzene rings is 2. The molecule has 2 aromatic rings. The Morgan fingerprint density at radius 1 is 1.00 bits per heavy atom. The van der Waals surface area contributed by atoms with Crippen LogP contribution in [0.2, 0.25) is 0 Å². The van der Waals surface area contributed by atoms with E-state index >= 15 is 0 Å². The first-order valence-electron chi connectivity index (χ1n) is 11.7. The summed E-state index contributed by atoms with van der Waals surface area (Å²) in [5.74, 6) is 0.521. The predicted molar refractivity (Wildman–Crippen MR) is 132 cm³/mol. The first-order valence-corrected chi connectivity index (χ1v) is 11.7. The van der Waals surface area contributed by atoms with Crippen molar-refractivity contribution in [3.05, 3.63) is 59.2 Å². The minimum Gasteiger partial charge on any atom is -0.508 e. The summed E-state index contributed by atoms with van der Waals surface area (Å²) in [7, 11) is 0. The molecule has 0 heterocycles. The second-order valence-corrected chi connectivity index (χ2v) is 10.5. The van der Waals surface area contributed by atoms with Crippen molar-refractivity contribution in [1.29, 1.82) is 0 Å². The van der Waals surface area contributed by atoms with E-state index in [0.29, 0.717) is 24.3 Å². The van der Waals surface area contributed by atoms with Crippen LogP contribution in [0.5, 0.6) is 11.5 Å². The molecule has 0 radical (unpaired) electrons. The maximum absolute atomic E-state index is 12.7. The Labute approximate surface area is 194 Å². The molecule has 0 aliphatic heterocycles. The molecule has 32 heavy (non-hydrogen) atoms. The van der Waals surface area contributed by atoms with E-state index in [-0.39, 0.29) is 23.1 Å². The second-order valence-electron chi connectivity index (χ2n) is 10.5. The summed E-state index contributed by atoms with van der Waals surface area (Å²) in [4.78, 5) is 15.2. The van der Waals surface area contributed by atoms with E-state index in [1.165, 1.54) is 0 Å². The summed E-state index contributed by atoms with van der Waals surface area (Å²) in [6, 6.07) is 14.5. The van der Waals surface area contributed by atoms with Crippen LogP contribution in [-0.2, 0) is 4.79 Å². The first-order chi connectivity index (χ1) is 14.9. The van der Waals surface area contributed by atoms with Gasteiger partial charge >= 0.3 is 5.97 Å². The van der Waals surface area contributed by atoms with Gasteiger partial charge in [0.05, 0.1) is 6.42 Å². The number of esters is 1. The van der Waals surface area contributed by atoms with Crippen LogP contribution in [0.3, 0.4) is 0 Å². The number of phenolic OH excluding ortho intramolecular Hbond substituents is 1. The molecule has 4 heteroatoms. The quantitative estimate of drug-likeness (QED) is 0.350. The molecule has 0 fully saturated rings. The fraction of sp³-hybridized carbons (Fsp3) is 0.536. The van der Waals surface area contributed by atoms with Gasteiger partial charge in [0, 0.05) is 23.6 Å². The lowest BCUT2D eigenvalue weighted by atomic mass is 9.84. The SMILES string of the molecule is Cc1c(O)ccc(OC(=O)CC(C)(C)C)c1[C@H](CCN(C(C)C)C(C)C)c1ccccc1. The summed E-state index contributed by atoms with van der Waals surface area (Å²) in [6.07, 6.45) is 1.19. The van der Waals surface area contributed by atoms with Crippen molar-refractivity contribution < 1.29 is 14.6 Å². The lowest BCUT2D eigenvalue weighted by molar-refractivity contribution is -0.136. The Kier molecular flexibility index (Phi) is 8.91. The zero-order chi connectivity index (χ0) is 24.1. The highest BCUT2D eigenvalue weighted by molar-refractivity contribution is 5.74. The summed E-state index contributed by atoms with van der Waals surface area (Å²) in [5, 5.41) is 10.5. The Hall–Kier alpha value is -2.33. The van der Waals surface area contributed by atoms with E-state index in [1.54, 1.807) is 12.1 Å². The van der Waals surface area contributed by atoms with Crippen molar-refractivity contribution in [1.82, 2.24) is 4.90 Å². The van der Waals surface area contributed by atoms with Crippen LogP contribution >= 0.6 is 0 Å². The predicted octanol–water partition coefficient (Wildman–Crippen LogP) is 6.68. The fourth-order valence-corrected chi connectivity index (χ4v) is 4.36. The van der Waals surface area contributed by atoms with Crippen molar-refractivity contribution >= 4 is 5.97 Å². The highest BCUT2D eigenvalue weighted by Crippen LogP contribution is 2.40. The maximum atomic E-state index is 12.7. The Morgan fingerprint density at radius 2 is 1.59 bits per heavy atom. The highest BCUT2D eigenvalue weighted by Gasteiger charge is 2.26. The van der Waals surface area contributed by atoms with Crippen LogP contribution < -0.4 is 4.74 Å². The van der Waals surface area contributed by atoms with E-state index in [4.69, 9.17) is 4.74 Å². The third-order valence-electron chi connectivity index (χ3n) is 5.90. The van der Waals surface area contributed by atoms with Gasteiger partial charge in [-0.1, -0.05) is 51.1 Å². The molecule has 1 atom stereocenters. The molecular weight excluding hydrogens is 398 g/mol. The van der Waals surface area contributed by atoms with E-state index < -0.39 is 0 Å². The van der Waals surface area contributed by atoms with Gasteiger partial charge in [0.2, 0.25) is 0 Å². The number of carbonyl (C=O) groups excluding carboxylic acids is 1. The summed E-state index contributed by atoms with van der Waals surface area (Å²) < 4.78 is 5.90. The van der Waals surface area contributed by atoms with Crippen molar-refractivity contribution in [3.63, 3.8) is 0 Å². The third-order valence-corrected chi connectivity index (χ3v) is 5.90. The first kappa shape index (κ1) is 25.9. The van der Waals surface area contributed by atoms with Crippen molar-refractivity contribution in [2.75, 3.05) is 6.54 Å². The molecule has 1 N–H and O–H groups in total. The Morgan fingerprint density at radius 3 is 2.12 bits per heavy atom. The average molecular weight is 440 g/mol. The van der Waals surface area contributed by atoms with Crippen LogP contribution in [0.15, 0.2) is 42.5 Å². The standard InChI is InChI=1S/C28H41NO3/c1-19(2)29(20(3)4)17-16-23(22-12-10-9-11-13-22)27-21(5)24(30)14-15-25(27)32-26(31)18-28(6,7)8/h9-15,19-20,23,30H,16-18H2,1-8H3/t23-/m1/s1. The molecule has 176 valence electrons. The molecule has 0 bridgehead atoms.